The van der Waals surface area contributed by atoms with E-state index in [2.05, 4.69) is 15.3 Å². The maximum absolute atomic E-state index is 15.1. The van der Waals surface area contributed by atoms with Crippen LogP contribution in [0.2, 0.25) is 5.02 Å². The highest BCUT2D eigenvalue weighted by Gasteiger charge is 2.56. The molecule has 2 aromatic rings. The first-order chi connectivity index (χ1) is 15.4. The van der Waals surface area contributed by atoms with Gasteiger partial charge in [-0.15, -0.1) is 0 Å². The zero-order valence-corrected chi connectivity index (χ0v) is 20.1. The summed E-state index contributed by atoms with van der Waals surface area (Å²) in [7, 11) is 3.17. The summed E-state index contributed by atoms with van der Waals surface area (Å²) >= 11 is 6.82. The van der Waals surface area contributed by atoms with E-state index >= 15 is 4.39 Å². The number of benzene rings is 1. The van der Waals surface area contributed by atoms with Gasteiger partial charge in [0.2, 0.25) is 5.91 Å². The van der Waals surface area contributed by atoms with Crippen molar-refractivity contribution in [2.45, 2.75) is 24.1 Å². The number of rotatable bonds is 5. The number of carbonyl (C=O) groups excluding carboxylic acids is 2. The fraction of sp³-hybridized carbons (Fsp3) is 0.364. The molecule has 3 N–H and O–H groups in total. The number of nitrogens with zero attached hydrogens (tertiary/aromatic N) is 3. The largest absolute Gasteiger partial charge is 0.378 e. The normalized spacial score (nSPS) is 24.7. The van der Waals surface area contributed by atoms with E-state index in [1.54, 1.807) is 27.9 Å². The lowest BCUT2D eigenvalue weighted by atomic mass is 9.72. The standard InChI is InChI=1S/C22H24ClF2N5O2S/c1-12-21(2,19(32)30(3)4)33-20(26)29-22(12,11-24)15-9-14(6-7-16(15)25)28-18(31)17-8-5-13(23)10-27-17/h5-10,12H,11H2,1-4H3,(H2,26,29)(H,28,31)/t12-,21+,22+/m1/s1. The van der Waals surface area contributed by atoms with Crippen molar-refractivity contribution in [3.05, 3.63) is 58.6 Å². The first-order valence-electron chi connectivity index (χ1n) is 9.99. The van der Waals surface area contributed by atoms with Crippen LogP contribution in [0.3, 0.4) is 0 Å². The summed E-state index contributed by atoms with van der Waals surface area (Å²) in [4.78, 5) is 35.2. The van der Waals surface area contributed by atoms with Crippen molar-refractivity contribution in [1.29, 1.82) is 0 Å². The van der Waals surface area contributed by atoms with E-state index in [0.29, 0.717) is 5.02 Å². The Bertz CT molecular complexity index is 1110. The lowest BCUT2D eigenvalue weighted by Gasteiger charge is -2.47. The number of thioether (sulfide) groups is 1. The smallest absolute Gasteiger partial charge is 0.274 e. The summed E-state index contributed by atoms with van der Waals surface area (Å²) in [5.74, 6) is -2.36. The molecule has 2 heterocycles. The molecule has 1 aromatic carbocycles. The molecule has 1 aliphatic heterocycles. The van der Waals surface area contributed by atoms with E-state index in [9.17, 15) is 14.0 Å². The van der Waals surface area contributed by atoms with Crippen molar-refractivity contribution in [3.8, 4) is 0 Å². The van der Waals surface area contributed by atoms with Crippen molar-refractivity contribution < 1.29 is 18.4 Å². The molecule has 11 heteroatoms. The third-order valence-corrected chi connectivity index (χ3v) is 7.33. The van der Waals surface area contributed by atoms with Crippen LogP contribution in [-0.4, -0.2) is 52.4 Å². The van der Waals surface area contributed by atoms with Crippen LogP contribution < -0.4 is 11.1 Å². The minimum Gasteiger partial charge on any atom is -0.378 e. The van der Waals surface area contributed by atoms with Gasteiger partial charge in [-0.2, -0.15) is 0 Å². The van der Waals surface area contributed by atoms with Crippen LogP contribution in [0.15, 0.2) is 41.5 Å². The van der Waals surface area contributed by atoms with Crippen LogP contribution in [0, 0.1) is 11.7 Å². The van der Waals surface area contributed by atoms with Gasteiger partial charge in [0, 0.05) is 37.5 Å². The minimum atomic E-state index is -1.76. The molecule has 1 aliphatic rings. The first kappa shape index (κ1) is 24.9. The Morgan fingerprint density at radius 1 is 1.30 bits per heavy atom. The van der Waals surface area contributed by atoms with Gasteiger partial charge in [0.05, 0.1) is 5.02 Å². The highest BCUT2D eigenvalue weighted by molar-refractivity contribution is 8.15. The predicted octanol–water partition coefficient (Wildman–Crippen LogP) is 3.84. The van der Waals surface area contributed by atoms with Crippen LogP contribution in [0.4, 0.5) is 14.5 Å². The highest BCUT2D eigenvalue weighted by Crippen LogP contribution is 2.51. The third kappa shape index (κ3) is 4.54. The second-order valence-electron chi connectivity index (χ2n) is 8.15. The molecule has 176 valence electrons. The van der Waals surface area contributed by atoms with Gasteiger partial charge in [0.1, 0.15) is 28.5 Å². The Kier molecular flexibility index (Phi) is 6.99. The molecule has 0 saturated heterocycles. The Morgan fingerprint density at radius 2 is 2.00 bits per heavy atom. The average Bonchev–Trinajstić information content (AvgIpc) is 2.77. The number of aromatic nitrogens is 1. The van der Waals surface area contributed by atoms with Crippen LogP contribution in [0.25, 0.3) is 0 Å². The fourth-order valence-corrected chi connectivity index (χ4v) is 5.30. The van der Waals surface area contributed by atoms with Gasteiger partial charge in [-0.05, 0) is 37.3 Å². The van der Waals surface area contributed by atoms with Crippen LogP contribution in [0.5, 0.6) is 0 Å². The molecule has 0 spiro atoms. The van der Waals surface area contributed by atoms with Gasteiger partial charge in [0.15, 0.2) is 5.17 Å². The zero-order chi connectivity index (χ0) is 24.6. The highest BCUT2D eigenvalue weighted by atomic mass is 35.5. The first-order valence-corrected chi connectivity index (χ1v) is 11.2. The van der Waals surface area contributed by atoms with E-state index in [1.807, 2.05) is 0 Å². The maximum Gasteiger partial charge on any atom is 0.274 e. The molecule has 1 aromatic heterocycles. The molecule has 0 aliphatic carbocycles. The molecule has 7 nitrogen and oxygen atoms in total. The van der Waals surface area contributed by atoms with Crippen molar-refractivity contribution >= 4 is 46.0 Å². The Labute approximate surface area is 199 Å². The van der Waals surface area contributed by atoms with E-state index in [-0.39, 0.29) is 28.0 Å². The predicted molar refractivity (Wildman–Crippen MR) is 127 cm³/mol. The number of aliphatic imine (C=N–C) groups is 1. The number of nitrogens with two attached hydrogens (primary N) is 1. The van der Waals surface area contributed by atoms with Gasteiger partial charge < -0.3 is 16.0 Å². The molecule has 3 rings (SSSR count). The summed E-state index contributed by atoms with van der Waals surface area (Å²) in [5, 5.41) is 2.97. The summed E-state index contributed by atoms with van der Waals surface area (Å²) in [5.41, 5.74) is 4.45. The van der Waals surface area contributed by atoms with Crippen molar-refractivity contribution in [2.24, 2.45) is 16.6 Å². The molecule has 2 amide bonds. The number of alkyl halides is 1. The molecule has 3 atom stereocenters. The third-order valence-electron chi connectivity index (χ3n) is 5.85. The number of hydrogen-bond acceptors (Lipinski definition) is 6. The Hall–Kier alpha value is -2.72. The molecule has 33 heavy (non-hydrogen) atoms. The molecule has 0 fully saturated rings. The number of nitrogens with one attached hydrogen (secondary N) is 1. The molecular weight excluding hydrogens is 472 g/mol. The zero-order valence-electron chi connectivity index (χ0n) is 18.5. The number of pyridine rings is 1. The summed E-state index contributed by atoms with van der Waals surface area (Å²) in [6.07, 6.45) is 1.33. The molecule has 0 unspecified atom stereocenters. The second-order valence-corrected chi connectivity index (χ2v) is 10.1. The number of amides is 2. The average molecular weight is 496 g/mol. The number of amidine groups is 1. The number of halogens is 3. The van der Waals surface area contributed by atoms with Gasteiger partial charge in [-0.3, -0.25) is 9.59 Å². The molecule has 0 saturated carbocycles. The van der Waals surface area contributed by atoms with E-state index in [0.717, 1.165) is 17.8 Å². The molecule has 0 radical (unpaired) electrons. The number of hydrogen-bond donors (Lipinski definition) is 2. The van der Waals surface area contributed by atoms with Gasteiger partial charge in [-0.1, -0.05) is 30.3 Å². The second kappa shape index (κ2) is 9.26. The summed E-state index contributed by atoms with van der Waals surface area (Å²) in [6, 6.07) is 6.72. The number of carbonyl (C=O) groups is 2. The van der Waals surface area contributed by atoms with E-state index in [4.69, 9.17) is 17.3 Å². The minimum absolute atomic E-state index is 0.0253. The number of anilines is 1. The Morgan fingerprint density at radius 3 is 2.58 bits per heavy atom. The van der Waals surface area contributed by atoms with Crippen molar-refractivity contribution in [3.63, 3.8) is 0 Å². The molecule has 0 bridgehead atoms. The topological polar surface area (TPSA) is 101 Å². The van der Waals surface area contributed by atoms with E-state index in [1.165, 1.54) is 35.4 Å². The van der Waals surface area contributed by atoms with E-state index < -0.39 is 34.6 Å². The van der Waals surface area contributed by atoms with Gasteiger partial charge in [-0.25, -0.2) is 18.8 Å². The van der Waals surface area contributed by atoms with Gasteiger partial charge in [0.25, 0.3) is 5.91 Å². The van der Waals surface area contributed by atoms with Crippen molar-refractivity contribution in [2.75, 3.05) is 26.1 Å². The quantitative estimate of drug-likeness (QED) is 0.656. The lowest BCUT2D eigenvalue weighted by Crippen LogP contribution is -2.57. The molecular formula is C22H24ClF2N5O2S. The van der Waals surface area contributed by atoms with Crippen LogP contribution >= 0.6 is 23.4 Å². The fourth-order valence-electron chi connectivity index (χ4n) is 3.90. The summed E-state index contributed by atoms with van der Waals surface area (Å²) in [6.45, 7) is 2.19. The maximum atomic E-state index is 15.1. The summed E-state index contributed by atoms with van der Waals surface area (Å²) < 4.78 is 28.6. The monoisotopic (exact) mass is 495 g/mol. The lowest BCUT2D eigenvalue weighted by molar-refractivity contribution is -0.133. The Balaban J connectivity index is 2.06. The van der Waals surface area contributed by atoms with Crippen LogP contribution in [-0.2, 0) is 10.3 Å². The van der Waals surface area contributed by atoms with Gasteiger partial charge >= 0.3 is 0 Å². The van der Waals surface area contributed by atoms with Crippen LogP contribution in [0.1, 0.15) is 29.9 Å². The van der Waals surface area contributed by atoms with Crippen molar-refractivity contribution in [1.82, 2.24) is 9.88 Å². The SMILES string of the molecule is C[C@@H]1[C@@](C)(C(=O)N(C)C)SC(N)=N[C@]1(CF)c1cc(NC(=O)c2ccc(Cl)cn2)ccc1F.